The molecule has 3 aromatic carbocycles. The lowest BCUT2D eigenvalue weighted by atomic mass is 10.1. The zero-order valence-corrected chi connectivity index (χ0v) is 16.3. The molecule has 3 aromatic rings. The van der Waals surface area contributed by atoms with Crippen LogP contribution < -0.4 is 9.05 Å². The van der Waals surface area contributed by atoms with E-state index < -0.39 is 20.1 Å². The Balaban J connectivity index is 1.96. The molecule has 4 nitrogen and oxygen atoms in total. The third-order valence-corrected chi connectivity index (χ3v) is 5.17. The SMILES string of the molecule is Cc1ccc([C@H](OP(=O)(Oc2ccccc2)Oc2ccccc2)C(F)(F)F)cc1. The van der Waals surface area contributed by atoms with Crippen molar-refractivity contribution in [1.29, 1.82) is 0 Å². The molecule has 0 aliphatic rings. The van der Waals surface area contributed by atoms with Crippen molar-refractivity contribution in [3.63, 3.8) is 0 Å². The van der Waals surface area contributed by atoms with Crippen molar-refractivity contribution in [3.05, 3.63) is 96.1 Å². The average molecular weight is 422 g/mol. The average Bonchev–Trinajstić information content (AvgIpc) is 2.68. The van der Waals surface area contributed by atoms with Crippen molar-refractivity contribution in [3.8, 4) is 11.5 Å². The highest BCUT2D eigenvalue weighted by Gasteiger charge is 2.48. The fraction of sp³-hybridized carbons (Fsp3) is 0.143. The van der Waals surface area contributed by atoms with Gasteiger partial charge in [-0.25, -0.2) is 9.09 Å². The minimum atomic E-state index is -4.84. The van der Waals surface area contributed by atoms with Gasteiger partial charge < -0.3 is 9.05 Å². The lowest BCUT2D eigenvalue weighted by Gasteiger charge is -2.26. The molecule has 0 spiro atoms. The van der Waals surface area contributed by atoms with E-state index in [4.69, 9.17) is 13.6 Å². The van der Waals surface area contributed by atoms with Crippen LogP contribution >= 0.6 is 7.82 Å². The second kappa shape index (κ2) is 8.72. The standard InChI is InChI=1S/C21H18F3O4P/c1-16-12-14-17(15-13-16)20(21(22,23)24)28-29(25,26-18-8-4-2-5-9-18)27-19-10-6-3-7-11-19/h2-15,20H,1H3/t20-/m0/s1. The predicted molar refractivity (Wildman–Crippen MR) is 103 cm³/mol. The molecule has 0 radical (unpaired) electrons. The van der Waals surface area contributed by atoms with E-state index in [-0.39, 0.29) is 17.1 Å². The fourth-order valence-corrected chi connectivity index (χ4v) is 3.85. The van der Waals surface area contributed by atoms with E-state index in [1.54, 1.807) is 43.3 Å². The Labute approximate surface area is 166 Å². The lowest BCUT2D eigenvalue weighted by molar-refractivity contribution is -0.201. The molecular formula is C21H18F3O4P. The van der Waals surface area contributed by atoms with Crippen molar-refractivity contribution in [2.75, 3.05) is 0 Å². The summed E-state index contributed by atoms with van der Waals surface area (Å²) in [5.74, 6) is 0.105. The van der Waals surface area contributed by atoms with Crippen molar-refractivity contribution >= 4 is 7.82 Å². The zero-order valence-electron chi connectivity index (χ0n) is 15.4. The number of phosphoric ester groups is 1. The molecule has 0 saturated carbocycles. The Morgan fingerprint density at radius 3 is 1.62 bits per heavy atom. The van der Waals surface area contributed by atoms with Crippen LogP contribution in [0.1, 0.15) is 17.2 Å². The molecule has 0 bridgehead atoms. The van der Waals surface area contributed by atoms with Gasteiger partial charge in [-0.3, -0.25) is 0 Å². The number of hydrogen-bond donors (Lipinski definition) is 0. The summed E-state index contributed by atoms with van der Waals surface area (Å²) in [6.07, 6.45) is -7.34. The van der Waals surface area contributed by atoms with E-state index in [1.165, 1.54) is 48.5 Å². The first kappa shape index (κ1) is 21.0. The Morgan fingerprint density at radius 2 is 1.21 bits per heavy atom. The van der Waals surface area contributed by atoms with Gasteiger partial charge in [0, 0.05) is 0 Å². The summed E-state index contributed by atoms with van der Waals surface area (Å²) >= 11 is 0. The number of phosphoric acid groups is 1. The van der Waals surface area contributed by atoms with Crippen LogP contribution in [-0.2, 0) is 9.09 Å². The number of hydrogen-bond acceptors (Lipinski definition) is 4. The van der Waals surface area contributed by atoms with E-state index in [1.807, 2.05) is 0 Å². The molecule has 0 saturated heterocycles. The van der Waals surface area contributed by atoms with Crippen molar-refractivity contribution in [2.24, 2.45) is 0 Å². The molecule has 0 amide bonds. The maximum absolute atomic E-state index is 13.8. The second-order valence-corrected chi connectivity index (χ2v) is 7.66. The molecule has 0 aliphatic carbocycles. The normalized spacial score (nSPS) is 13.0. The van der Waals surface area contributed by atoms with Gasteiger partial charge >= 0.3 is 14.0 Å². The first-order chi connectivity index (χ1) is 13.8. The van der Waals surface area contributed by atoms with Gasteiger partial charge in [0.2, 0.25) is 0 Å². The third-order valence-electron chi connectivity index (χ3n) is 3.83. The summed E-state index contributed by atoms with van der Waals surface area (Å²) in [5.41, 5.74) is 0.565. The van der Waals surface area contributed by atoms with Gasteiger partial charge in [0.15, 0.2) is 6.10 Å². The number of aryl methyl sites for hydroxylation is 1. The van der Waals surface area contributed by atoms with Gasteiger partial charge in [0.1, 0.15) is 11.5 Å². The van der Waals surface area contributed by atoms with Gasteiger partial charge in [-0.05, 0) is 36.8 Å². The maximum atomic E-state index is 13.8. The first-order valence-corrected chi connectivity index (χ1v) is 10.1. The lowest BCUT2D eigenvalue weighted by Crippen LogP contribution is -2.24. The van der Waals surface area contributed by atoms with Crippen molar-refractivity contribution < 1.29 is 31.3 Å². The highest BCUT2D eigenvalue weighted by atomic mass is 31.2. The number of halogens is 3. The molecule has 0 unspecified atom stereocenters. The van der Waals surface area contributed by atoms with Crippen LogP contribution in [0.15, 0.2) is 84.9 Å². The monoisotopic (exact) mass is 422 g/mol. The number of alkyl halides is 3. The molecule has 1 atom stereocenters. The summed E-state index contributed by atoms with van der Waals surface area (Å²) in [6, 6.07) is 21.0. The van der Waals surface area contributed by atoms with Crippen LogP contribution in [0.2, 0.25) is 0 Å². The summed E-state index contributed by atoms with van der Waals surface area (Å²) in [7, 11) is -4.71. The highest BCUT2D eigenvalue weighted by molar-refractivity contribution is 7.49. The van der Waals surface area contributed by atoms with Crippen LogP contribution in [0.5, 0.6) is 11.5 Å². The molecule has 29 heavy (non-hydrogen) atoms. The number of para-hydroxylation sites is 2. The molecule has 8 heteroatoms. The fourth-order valence-electron chi connectivity index (χ4n) is 2.46. The molecular weight excluding hydrogens is 404 g/mol. The quantitative estimate of drug-likeness (QED) is 0.389. The van der Waals surface area contributed by atoms with Crippen LogP contribution in [0.25, 0.3) is 0 Å². The predicted octanol–water partition coefficient (Wildman–Crippen LogP) is 6.88. The van der Waals surface area contributed by atoms with Crippen LogP contribution in [0.3, 0.4) is 0 Å². The molecule has 0 fully saturated rings. The van der Waals surface area contributed by atoms with E-state index in [0.717, 1.165) is 5.56 Å². The molecule has 152 valence electrons. The molecule has 0 N–H and O–H groups in total. The van der Waals surface area contributed by atoms with Gasteiger partial charge in [-0.15, -0.1) is 0 Å². The van der Waals surface area contributed by atoms with Crippen molar-refractivity contribution in [1.82, 2.24) is 0 Å². The van der Waals surface area contributed by atoms with Gasteiger partial charge in [-0.1, -0.05) is 66.2 Å². The second-order valence-electron chi connectivity index (χ2n) is 6.19. The topological polar surface area (TPSA) is 44.8 Å². The van der Waals surface area contributed by atoms with E-state index in [9.17, 15) is 17.7 Å². The van der Waals surface area contributed by atoms with Crippen LogP contribution in [0.4, 0.5) is 13.2 Å². The molecule has 3 rings (SSSR count). The van der Waals surface area contributed by atoms with Gasteiger partial charge in [0.05, 0.1) is 0 Å². The van der Waals surface area contributed by atoms with E-state index >= 15 is 0 Å². The van der Waals surface area contributed by atoms with E-state index in [2.05, 4.69) is 0 Å². The molecule has 0 heterocycles. The Morgan fingerprint density at radius 1 is 0.759 bits per heavy atom. The summed E-state index contributed by atoms with van der Waals surface area (Å²) in [5, 5.41) is 0. The third kappa shape index (κ3) is 5.86. The molecule has 0 aromatic heterocycles. The molecule has 0 aliphatic heterocycles. The zero-order chi connectivity index (χ0) is 20.9. The Hall–Kier alpha value is -2.76. The summed E-state index contributed by atoms with van der Waals surface area (Å²) in [4.78, 5) is 0. The Kier molecular flexibility index (Phi) is 6.30. The number of rotatable bonds is 7. The maximum Gasteiger partial charge on any atom is 0.588 e. The summed E-state index contributed by atoms with van der Waals surface area (Å²) in [6.45, 7) is 1.75. The highest BCUT2D eigenvalue weighted by Crippen LogP contribution is 2.55. The van der Waals surface area contributed by atoms with E-state index in [0.29, 0.717) is 0 Å². The first-order valence-electron chi connectivity index (χ1n) is 8.66. The van der Waals surface area contributed by atoms with Crippen LogP contribution in [-0.4, -0.2) is 6.18 Å². The smallest absolute Gasteiger partial charge is 0.395 e. The van der Waals surface area contributed by atoms with Crippen LogP contribution in [0, 0.1) is 6.92 Å². The largest absolute Gasteiger partial charge is 0.588 e. The number of benzene rings is 3. The van der Waals surface area contributed by atoms with Crippen molar-refractivity contribution in [2.45, 2.75) is 19.2 Å². The Bertz CT molecular complexity index is 915. The minimum Gasteiger partial charge on any atom is -0.395 e. The minimum absolute atomic E-state index is 0.0524. The van der Waals surface area contributed by atoms with Gasteiger partial charge in [-0.2, -0.15) is 13.2 Å². The summed E-state index contributed by atoms with van der Waals surface area (Å²) < 4.78 is 70.2. The van der Waals surface area contributed by atoms with Gasteiger partial charge in [0.25, 0.3) is 0 Å².